The molecule has 1 aliphatic heterocycles. The van der Waals surface area contributed by atoms with E-state index in [9.17, 15) is 0 Å². The summed E-state index contributed by atoms with van der Waals surface area (Å²) in [5, 5.41) is 3.30. The SMILES string of the molecule is c1nc2c3c(ccc2o1)NCC3. The largest absolute Gasteiger partial charge is 0.443 e. The fraction of sp³-hybridized carbons (Fsp3) is 0.222. The van der Waals surface area contributed by atoms with E-state index in [1.165, 1.54) is 17.6 Å². The number of benzene rings is 1. The molecule has 0 saturated carbocycles. The molecule has 0 bridgehead atoms. The summed E-state index contributed by atoms with van der Waals surface area (Å²) < 4.78 is 5.20. The summed E-state index contributed by atoms with van der Waals surface area (Å²) in [6.45, 7) is 1.02. The Hall–Kier alpha value is -1.51. The molecule has 2 heterocycles. The number of oxazole rings is 1. The van der Waals surface area contributed by atoms with Gasteiger partial charge in [0, 0.05) is 17.8 Å². The predicted molar refractivity (Wildman–Crippen MR) is 46.2 cm³/mol. The minimum absolute atomic E-state index is 0.887. The van der Waals surface area contributed by atoms with Crippen LogP contribution in [-0.2, 0) is 6.42 Å². The molecular weight excluding hydrogens is 152 g/mol. The summed E-state index contributed by atoms with van der Waals surface area (Å²) in [7, 11) is 0. The number of nitrogens with zero attached hydrogens (tertiary/aromatic N) is 1. The zero-order valence-corrected chi connectivity index (χ0v) is 6.50. The molecule has 0 aliphatic carbocycles. The third kappa shape index (κ3) is 0.630. The van der Waals surface area contributed by atoms with Crippen molar-refractivity contribution in [1.29, 1.82) is 0 Å². The van der Waals surface area contributed by atoms with E-state index in [0.29, 0.717) is 0 Å². The van der Waals surface area contributed by atoms with Crippen molar-refractivity contribution in [1.82, 2.24) is 4.98 Å². The first-order valence-corrected chi connectivity index (χ1v) is 4.04. The molecule has 3 rings (SSSR count). The monoisotopic (exact) mass is 160 g/mol. The molecule has 2 aromatic rings. The molecule has 0 fully saturated rings. The van der Waals surface area contributed by atoms with Crippen LogP contribution in [0.1, 0.15) is 5.56 Å². The smallest absolute Gasteiger partial charge is 0.181 e. The zero-order chi connectivity index (χ0) is 7.97. The number of aromatic nitrogens is 1. The normalized spacial score (nSPS) is 14.7. The van der Waals surface area contributed by atoms with Crippen LogP contribution in [0.3, 0.4) is 0 Å². The molecule has 1 aromatic heterocycles. The Balaban J connectivity index is 2.46. The van der Waals surface area contributed by atoms with Crippen LogP contribution in [0.15, 0.2) is 22.9 Å². The van der Waals surface area contributed by atoms with Gasteiger partial charge in [0.25, 0.3) is 0 Å². The first-order chi connectivity index (χ1) is 5.95. The van der Waals surface area contributed by atoms with Crippen LogP contribution in [-0.4, -0.2) is 11.5 Å². The van der Waals surface area contributed by atoms with Crippen molar-refractivity contribution in [2.45, 2.75) is 6.42 Å². The summed E-state index contributed by atoms with van der Waals surface area (Å²) in [6.07, 6.45) is 2.56. The van der Waals surface area contributed by atoms with E-state index < -0.39 is 0 Å². The maximum Gasteiger partial charge on any atom is 0.181 e. The summed E-state index contributed by atoms with van der Waals surface area (Å²) in [5.41, 5.74) is 4.40. The average Bonchev–Trinajstić information content (AvgIpc) is 2.71. The van der Waals surface area contributed by atoms with Crippen molar-refractivity contribution < 1.29 is 4.42 Å². The van der Waals surface area contributed by atoms with Crippen LogP contribution in [0, 0.1) is 0 Å². The zero-order valence-electron chi connectivity index (χ0n) is 6.50. The number of hydrogen-bond acceptors (Lipinski definition) is 3. The maximum atomic E-state index is 5.20. The van der Waals surface area contributed by atoms with Gasteiger partial charge in [0.15, 0.2) is 12.0 Å². The minimum atomic E-state index is 0.887. The lowest BCUT2D eigenvalue weighted by molar-refractivity contribution is 0.602. The number of rotatable bonds is 0. The summed E-state index contributed by atoms with van der Waals surface area (Å²) >= 11 is 0. The average molecular weight is 160 g/mol. The highest BCUT2D eigenvalue weighted by molar-refractivity contribution is 5.83. The van der Waals surface area contributed by atoms with Gasteiger partial charge in [-0.25, -0.2) is 4.98 Å². The van der Waals surface area contributed by atoms with Gasteiger partial charge >= 0.3 is 0 Å². The minimum Gasteiger partial charge on any atom is -0.443 e. The molecule has 0 radical (unpaired) electrons. The van der Waals surface area contributed by atoms with Crippen molar-refractivity contribution in [3.05, 3.63) is 24.1 Å². The van der Waals surface area contributed by atoms with Crippen molar-refractivity contribution in [2.24, 2.45) is 0 Å². The Bertz CT molecular complexity index is 433. The highest BCUT2D eigenvalue weighted by Gasteiger charge is 2.14. The first-order valence-electron chi connectivity index (χ1n) is 4.04. The number of fused-ring (bicyclic) bond motifs is 3. The lowest BCUT2D eigenvalue weighted by Gasteiger charge is -1.97. The van der Waals surface area contributed by atoms with E-state index in [1.807, 2.05) is 6.07 Å². The third-order valence-corrected chi connectivity index (χ3v) is 2.30. The van der Waals surface area contributed by atoms with E-state index in [-0.39, 0.29) is 0 Å². The van der Waals surface area contributed by atoms with Crippen LogP contribution in [0.25, 0.3) is 11.1 Å². The van der Waals surface area contributed by atoms with Crippen LogP contribution >= 0.6 is 0 Å². The van der Waals surface area contributed by atoms with E-state index in [2.05, 4.69) is 16.4 Å². The van der Waals surface area contributed by atoms with Gasteiger partial charge in [-0.15, -0.1) is 0 Å². The lowest BCUT2D eigenvalue weighted by Crippen LogP contribution is -1.90. The van der Waals surface area contributed by atoms with Gasteiger partial charge in [0.1, 0.15) is 5.52 Å². The van der Waals surface area contributed by atoms with Gasteiger partial charge in [0.2, 0.25) is 0 Å². The second kappa shape index (κ2) is 2.00. The first kappa shape index (κ1) is 6.06. The summed E-state index contributed by atoms with van der Waals surface area (Å²) in [6, 6.07) is 4.01. The molecular formula is C9H8N2O. The molecule has 1 N–H and O–H groups in total. The molecule has 0 saturated heterocycles. The fourth-order valence-corrected chi connectivity index (χ4v) is 1.73. The van der Waals surface area contributed by atoms with E-state index in [4.69, 9.17) is 4.42 Å². The third-order valence-electron chi connectivity index (χ3n) is 2.30. The molecule has 0 spiro atoms. The highest BCUT2D eigenvalue weighted by atomic mass is 16.3. The van der Waals surface area contributed by atoms with E-state index in [0.717, 1.165) is 24.1 Å². The number of hydrogen-bond donors (Lipinski definition) is 1. The van der Waals surface area contributed by atoms with Gasteiger partial charge in [0.05, 0.1) is 0 Å². The Morgan fingerprint density at radius 1 is 1.42 bits per heavy atom. The molecule has 12 heavy (non-hydrogen) atoms. The summed E-state index contributed by atoms with van der Waals surface area (Å²) in [5.74, 6) is 0. The van der Waals surface area contributed by atoms with Gasteiger partial charge in [-0.05, 0) is 18.6 Å². The molecule has 0 amide bonds. The Kier molecular flexibility index (Phi) is 1.01. The number of nitrogens with one attached hydrogen (secondary N) is 1. The summed E-state index contributed by atoms with van der Waals surface area (Å²) in [4.78, 5) is 4.18. The standard InChI is InChI=1S/C9H8N2O/c1-2-8-9(11-5-12-8)6-3-4-10-7(1)6/h1-2,5,10H,3-4H2. The molecule has 60 valence electrons. The van der Waals surface area contributed by atoms with E-state index in [1.54, 1.807) is 0 Å². The molecule has 3 heteroatoms. The van der Waals surface area contributed by atoms with Gasteiger partial charge in [-0.2, -0.15) is 0 Å². The van der Waals surface area contributed by atoms with Crippen LogP contribution in [0.2, 0.25) is 0 Å². The van der Waals surface area contributed by atoms with Crippen molar-refractivity contribution in [2.75, 3.05) is 11.9 Å². The molecule has 0 unspecified atom stereocenters. The van der Waals surface area contributed by atoms with E-state index >= 15 is 0 Å². The Labute approximate surface area is 69.4 Å². The quantitative estimate of drug-likeness (QED) is 0.638. The van der Waals surface area contributed by atoms with Gasteiger partial charge in [-0.3, -0.25) is 0 Å². The molecule has 1 aliphatic rings. The molecule has 3 nitrogen and oxygen atoms in total. The fourth-order valence-electron chi connectivity index (χ4n) is 1.73. The van der Waals surface area contributed by atoms with Gasteiger partial charge < -0.3 is 9.73 Å². The molecule has 1 aromatic carbocycles. The van der Waals surface area contributed by atoms with Crippen molar-refractivity contribution in [3.63, 3.8) is 0 Å². The number of anilines is 1. The highest BCUT2D eigenvalue weighted by Crippen LogP contribution is 2.28. The maximum absolute atomic E-state index is 5.20. The van der Waals surface area contributed by atoms with Crippen LogP contribution < -0.4 is 5.32 Å². The van der Waals surface area contributed by atoms with Gasteiger partial charge in [-0.1, -0.05) is 0 Å². The Morgan fingerprint density at radius 3 is 3.42 bits per heavy atom. The van der Waals surface area contributed by atoms with Crippen LogP contribution in [0.5, 0.6) is 0 Å². The Morgan fingerprint density at radius 2 is 2.42 bits per heavy atom. The van der Waals surface area contributed by atoms with Crippen LogP contribution in [0.4, 0.5) is 5.69 Å². The topological polar surface area (TPSA) is 38.1 Å². The second-order valence-corrected chi connectivity index (χ2v) is 2.97. The van der Waals surface area contributed by atoms with Crippen molar-refractivity contribution in [3.8, 4) is 0 Å². The van der Waals surface area contributed by atoms with Crippen molar-refractivity contribution >= 4 is 16.8 Å². The predicted octanol–water partition coefficient (Wildman–Crippen LogP) is 1.80. The molecule has 0 atom stereocenters. The second-order valence-electron chi connectivity index (χ2n) is 2.97. The lowest BCUT2D eigenvalue weighted by atomic mass is 10.1.